The number of aromatic nitrogens is 9. The van der Waals surface area contributed by atoms with E-state index < -0.39 is 0 Å². The van der Waals surface area contributed by atoms with E-state index in [-0.39, 0.29) is 49.6 Å². The van der Waals surface area contributed by atoms with E-state index >= 15 is 0 Å². The molecule has 9 rings (SSSR count). The molecule has 334 valence electrons. The summed E-state index contributed by atoms with van der Waals surface area (Å²) in [7, 11) is 4.30. The second-order valence-electron chi connectivity index (χ2n) is 15.4. The lowest BCUT2D eigenvalue weighted by molar-refractivity contribution is 0.206. The van der Waals surface area contributed by atoms with E-state index in [1.54, 1.807) is 0 Å². The van der Waals surface area contributed by atoms with Crippen LogP contribution < -0.4 is 11.1 Å². The summed E-state index contributed by atoms with van der Waals surface area (Å²) in [6.07, 6.45) is 16.5. The van der Waals surface area contributed by atoms with Gasteiger partial charge in [0, 0.05) is 51.3 Å². The SMILES string of the molecule is CN(Cc1cn(-c2ccccc2CN)nn1)C1CCCc2cccnc21.CN(Cc1cn(-c2ccccc2CNCc2ccccn2)nn1)C1CCCc2cccnc21.Cl.Cl.Cl.Cl. The lowest BCUT2D eigenvalue weighted by Gasteiger charge is -2.31. The lowest BCUT2D eigenvalue weighted by atomic mass is 9.91. The van der Waals surface area contributed by atoms with Crippen molar-refractivity contribution in [1.29, 1.82) is 0 Å². The van der Waals surface area contributed by atoms with E-state index in [0.717, 1.165) is 85.9 Å². The van der Waals surface area contributed by atoms with Crippen LogP contribution in [0.1, 0.15) is 88.5 Å². The van der Waals surface area contributed by atoms with Crippen LogP contribution in [0.5, 0.6) is 0 Å². The summed E-state index contributed by atoms with van der Waals surface area (Å²) in [6, 6.07) is 31.4. The van der Waals surface area contributed by atoms with Gasteiger partial charge in [-0.1, -0.05) is 65.0 Å². The molecular weight excluding hydrogens is 876 g/mol. The summed E-state index contributed by atoms with van der Waals surface area (Å²) in [5.41, 5.74) is 18.2. The fourth-order valence-electron chi connectivity index (χ4n) is 8.36. The van der Waals surface area contributed by atoms with Crippen LogP contribution >= 0.6 is 49.6 Å². The van der Waals surface area contributed by atoms with Gasteiger partial charge in [0.2, 0.25) is 0 Å². The van der Waals surface area contributed by atoms with Gasteiger partial charge in [0.15, 0.2) is 0 Å². The molecule has 0 fully saturated rings. The Hall–Kier alpha value is -4.83. The molecule has 3 N–H and O–H groups in total. The largest absolute Gasteiger partial charge is 0.326 e. The Morgan fingerprint density at radius 1 is 0.571 bits per heavy atom. The molecule has 5 aromatic heterocycles. The molecule has 0 spiro atoms. The molecule has 2 aromatic carbocycles. The van der Waals surface area contributed by atoms with Crippen LogP contribution in [0.3, 0.4) is 0 Å². The topological polar surface area (TPSA) is 145 Å². The molecule has 17 heteroatoms. The molecule has 0 saturated carbocycles. The molecule has 2 aliphatic rings. The highest BCUT2D eigenvalue weighted by atomic mass is 35.5. The number of nitrogens with two attached hydrogens (primary N) is 1. The maximum Gasteiger partial charge on any atom is 0.0971 e. The van der Waals surface area contributed by atoms with Gasteiger partial charge in [0.05, 0.1) is 64.3 Å². The van der Waals surface area contributed by atoms with Crippen molar-refractivity contribution in [2.24, 2.45) is 5.73 Å². The van der Waals surface area contributed by atoms with Gasteiger partial charge in [-0.25, -0.2) is 9.36 Å². The number of para-hydroxylation sites is 2. The Labute approximate surface area is 395 Å². The number of nitrogens with zero attached hydrogens (tertiary/aromatic N) is 11. The smallest absolute Gasteiger partial charge is 0.0971 e. The first-order chi connectivity index (χ1) is 29.0. The second kappa shape index (κ2) is 24.9. The zero-order valence-corrected chi connectivity index (χ0v) is 38.9. The maximum atomic E-state index is 5.84. The van der Waals surface area contributed by atoms with Crippen molar-refractivity contribution >= 4 is 49.6 Å². The number of rotatable bonds is 13. The molecule has 0 amide bonds. The van der Waals surface area contributed by atoms with Crippen LogP contribution in [-0.2, 0) is 45.6 Å². The molecule has 7 aromatic rings. The van der Waals surface area contributed by atoms with Crippen molar-refractivity contribution in [2.75, 3.05) is 14.1 Å². The summed E-state index contributed by atoms with van der Waals surface area (Å²) in [6.45, 7) is 3.41. The average Bonchev–Trinajstić information content (AvgIpc) is 3.96. The molecule has 0 bridgehead atoms. The summed E-state index contributed by atoms with van der Waals surface area (Å²) >= 11 is 0. The Morgan fingerprint density at radius 3 is 1.59 bits per heavy atom. The molecule has 5 heterocycles. The van der Waals surface area contributed by atoms with Crippen LogP contribution in [0, 0.1) is 0 Å². The molecule has 63 heavy (non-hydrogen) atoms. The van der Waals surface area contributed by atoms with Gasteiger partial charge in [-0.05, 0) is 111 Å². The second-order valence-corrected chi connectivity index (χ2v) is 15.4. The average molecular weight is 934 g/mol. The molecule has 2 unspecified atom stereocenters. The van der Waals surface area contributed by atoms with Gasteiger partial charge in [-0.3, -0.25) is 24.8 Å². The first kappa shape index (κ1) is 50.8. The minimum absolute atomic E-state index is 0. The van der Waals surface area contributed by atoms with Gasteiger partial charge in [0.25, 0.3) is 0 Å². The van der Waals surface area contributed by atoms with Gasteiger partial charge >= 0.3 is 0 Å². The molecule has 2 atom stereocenters. The highest BCUT2D eigenvalue weighted by Gasteiger charge is 2.27. The quantitative estimate of drug-likeness (QED) is 0.116. The summed E-state index contributed by atoms with van der Waals surface area (Å²) in [5.74, 6) is 0. The number of nitrogens with one attached hydrogen (secondary N) is 1. The van der Waals surface area contributed by atoms with E-state index in [1.807, 2.05) is 101 Å². The first-order valence-electron chi connectivity index (χ1n) is 20.6. The Balaban J connectivity index is 0.000000266. The Bertz CT molecular complexity index is 2430. The zero-order valence-electron chi connectivity index (χ0n) is 35.6. The van der Waals surface area contributed by atoms with Crippen LogP contribution in [0.15, 0.2) is 122 Å². The standard InChI is InChI=1S/C26H29N7.C20H24N6.4ClH/c1-32(25-13-6-9-20-10-7-15-29-26(20)25)18-23-19-33(31-30-23)24-12-3-2-8-21(24)16-27-17-22-11-4-5-14-28-22;1-25(19-10-4-7-15-8-5-11-22-20(15)19)13-17-14-26(24-23-17)18-9-3-2-6-16(18)12-21;;;;/h2-5,7-8,10-12,14-15,19,25,27H,6,9,13,16-18H2,1H3;2-3,5-6,8-9,11,14,19H,4,7,10,12-13,21H2,1H3;4*1H. The van der Waals surface area contributed by atoms with Gasteiger partial charge < -0.3 is 11.1 Å². The third kappa shape index (κ3) is 12.7. The van der Waals surface area contributed by atoms with E-state index in [0.29, 0.717) is 18.6 Å². The van der Waals surface area contributed by atoms with Crippen molar-refractivity contribution in [3.63, 3.8) is 0 Å². The van der Waals surface area contributed by atoms with Gasteiger partial charge in [0.1, 0.15) is 0 Å². The van der Waals surface area contributed by atoms with Crippen molar-refractivity contribution in [3.05, 3.63) is 173 Å². The van der Waals surface area contributed by atoms with Crippen LogP contribution in [0.2, 0.25) is 0 Å². The number of hydrogen-bond donors (Lipinski definition) is 2. The monoisotopic (exact) mass is 931 g/mol. The fourth-order valence-corrected chi connectivity index (χ4v) is 8.36. The van der Waals surface area contributed by atoms with E-state index in [4.69, 9.17) is 5.73 Å². The highest BCUT2D eigenvalue weighted by molar-refractivity contribution is 5.86. The summed E-state index contributed by atoms with van der Waals surface area (Å²) in [5, 5.41) is 21.1. The minimum Gasteiger partial charge on any atom is -0.326 e. The number of fused-ring (bicyclic) bond motifs is 2. The molecule has 13 nitrogen and oxygen atoms in total. The van der Waals surface area contributed by atoms with E-state index in [2.05, 4.69) is 95.1 Å². The molecular formula is C46H57Cl4N13. The van der Waals surface area contributed by atoms with E-state index in [9.17, 15) is 0 Å². The third-order valence-corrected chi connectivity index (χ3v) is 11.3. The number of halogens is 4. The predicted octanol–water partition coefficient (Wildman–Crippen LogP) is 8.17. The number of aryl methyl sites for hydroxylation is 2. The molecule has 0 radical (unpaired) electrons. The van der Waals surface area contributed by atoms with Gasteiger partial charge in [-0.15, -0.1) is 59.8 Å². The number of hydrogen-bond acceptors (Lipinski definition) is 11. The normalized spacial score (nSPS) is 15.0. The van der Waals surface area contributed by atoms with Crippen molar-refractivity contribution < 1.29 is 0 Å². The summed E-state index contributed by atoms with van der Waals surface area (Å²) in [4.78, 5) is 18.4. The first-order valence-corrected chi connectivity index (χ1v) is 20.6. The van der Waals surface area contributed by atoms with E-state index in [1.165, 1.54) is 40.9 Å². The van der Waals surface area contributed by atoms with Gasteiger partial charge in [-0.2, -0.15) is 0 Å². The minimum atomic E-state index is 0. The Kier molecular flexibility index (Phi) is 20.1. The number of benzene rings is 2. The van der Waals surface area contributed by atoms with Crippen LogP contribution in [0.25, 0.3) is 11.4 Å². The fraction of sp³-hybridized carbons (Fsp3) is 0.326. The molecule has 0 saturated heterocycles. The van der Waals surface area contributed by atoms with Crippen molar-refractivity contribution in [1.82, 2.24) is 60.1 Å². The zero-order chi connectivity index (χ0) is 40.4. The molecule has 2 aliphatic carbocycles. The third-order valence-electron chi connectivity index (χ3n) is 11.3. The van der Waals surface area contributed by atoms with Crippen molar-refractivity contribution in [3.8, 4) is 11.4 Å². The van der Waals surface area contributed by atoms with Crippen molar-refractivity contribution in [2.45, 2.75) is 83.3 Å². The summed E-state index contributed by atoms with van der Waals surface area (Å²) < 4.78 is 3.70. The maximum absolute atomic E-state index is 5.84. The van der Waals surface area contributed by atoms with Crippen LogP contribution in [0.4, 0.5) is 0 Å². The highest BCUT2D eigenvalue weighted by Crippen LogP contribution is 2.34. The predicted molar refractivity (Wildman–Crippen MR) is 257 cm³/mol. The lowest BCUT2D eigenvalue weighted by Crippen LogP contribution is -2.28. The Morgan fingerprint density at radius 2 is 1.06 bits per heavy atom. The number of pyridine rings is 3. The van der Waals surface area contributed by atoms with Crippen LogP contribution in [-0.4, -0.2) is 68.8 Å². The molecule has 0 aliphatic heterocycles.